The first-order chi connectivity index (χ1) is 13.5. The zero-order valence-electron chi connectivity index (χ0n) is 15.4. The van der Waals surface area contributed by atoms with Crippen molar-refractivity contribution in [2.24, 2.45) is 0 Å². The van der Waals surface area contributed by atoms with E-state index in [9.17, 15) is 13.6 Å². The predicted octanol–water partition coefficient (Wildman–Crippen LogP) is 4.71. The normalized spacial score (nSPS) is 17.9. The number of hydrogen-bond acceptors (Lipinski definition) is 4. The van der Waals surface area contributed by atoms with Crippen LogP contribution in [-0.2, 0) is 11.3 Å². The highest BCUT2D eigenvalue weighted by atomic mass is 32.2. The van der Waals surface area contributed by atoms with Crippen molar-refractivity contribution in [2.75, 3.05) is 6.61 Å². The van der Waals surface area contributed by atoms with E-state index in [1.165, 1.54) is 17.8 Å². The number of benzene rings is 2. The van der Waals surface area contributed by atoms with Crippen molar-refractivity contribution in [3.05, 3.63) is 70.0 Å². The van der Waals surface area contributed by atoms with Gasteiger partial charge in [0.25, 0.3) is 5.56 Å². The van der Waals surface area contributed by atoms with Crippen LogP contribution in [0.5, 0.6) is 0 Å². The maximum Gasteiger partial charge on any atom is 0.262 e. The largest absolute Gasteiger partial charge is 0.376 e. The zero-order valence-corrected chi connectivity index (χ0v) is 16.2. The molecule has 1 aliphatic heterocycles. The fraction of sp³-hybridized carbons (Fsp3) is 0.333. The molecule has 0 N–H and O–H groups in total. The van der Waals surface area contributed by atoms with E-state index in [0.29, 0.717) is 34.8 Å². The number of ether oxygens (including phenoxy) is 1. The Balaban J connectivity index is 1.73. The van der Waals surface area contributed by atoms with E-state index in [2.05, 4.69) is 4.98 Å². The summed E-state index contributed by atoms with van der Waals surface area (Å²) in [5.74, 6) is -1.76. The molecule has 1 aliphatic rings. The molecule has 28 heavy (non-hydrogen) atoms. The molecule has 4 nitrogen and oxygen atoms in total. The van der Waals surface area contributed by atoms with E-state index < -0.39 is 11.6 Å². The first-order valence-electron chi connectivity index (χ1n) is 9.25. The van der Waals surface area contributed by atoms with Gasteiger partial charge in [-0.05, 0) is 49.6 Å². The molecular weight excluding hydrogens is 382 g/mol. The Kier molecular flexibility index (Phi) is 5.46. The summed E-state index contributed by atoms with van der Waals surface area (Å²) in [6, 6.07) is 11.1. The first kappa shape index (κ1) is 19.1. The Bertz CT molecular complexity index is 1060. The van der Waals surface area contributed by atoms with Gasteiger partial charge in [-0.2, -0.15) is 0 Å². The van der Waals surface area contributed by atoms with Crippen LogP contribution in [0.3, 0.4) is 0 Å². The molecule has 0 amide bonds. The van der Waals surface area contributed by atoms with Gasteiger partial charge in [-0.1, -0.05) is 30.0 Å². The summed E-state index contributed by atoms with van der Waals surface area (Å²) < 4.78 is 34.2. The smallest absolute Gasteiger partial charge is 0.262 e. The summed E-state index contributed by atoms with van der Waals surface area (Å²) in [6.07, 6.45) is 1.87. The Morgan fingerprint density at radius 2 is 2.07 bits per heavy atom. The van der Waals surface area contributed by atoms with Crippen molar-refractivity contribution in [3.8, 4) is 0 Å². The fourth-order valence-corrected chi connectivity index (χ4v) is 4.42. The van der Waals surface area contributed by atoms with Crippen molar-refractivity contribution < 1.29 is 13.5 Å². The van der Waals surface area contributed by atoms with Crippen LogP contribution in [-0.4, -0.2) is 22.3 Å². The van der Waals surface area contributed by atoms with Crippen LogP contribution in [0, 0.1) is 11.6 Å². The highest BCUT2D eigenvalue weighted by molar-refractivity contribution is 7.99. The summed E-state index contributed by atoms with van der Waals surface area (Å²) in [5, 5.41) is 0.903. The van der Waals surface area contributed by atoms with E-state index in [-0.39, 0.29) is 16.9 Å². The third-order valence-corrected chi connectivity index (χ3v) is 6.08. The van der Waals surface area contributed by atoms with Crippen LogP contribution in [0.25, 0.3) is 10.9 Å². The quantitative estimate of drug-likeness (QED) is 0.458. The molecule has 1 fully saturated rings. The molecule has 4 rings (SSSR count). The molecule has 0 spiro atoms. The van der Waals surface area contributed by atoms with Gasteiger partial charge in [0.1, 0.15) is 0 Å². The number of nitrogens with zero attached hydrogens (tertiary/aromatic N) is 2. The van der Waals surface area contributed by atoms with Crippen LogP contribution in [0.2, 0.25) is 0 Å². The third-order valence-electron chi connectivity index (χ3n) is 4.93. The number of fused-ring (bicyclic) bond motifs is 1. The molecule has 1 aromatic heterocycles. The van der Waals surface area contributed by atoms with E-state index in [1.807, 2.05) is 19.1 Å². The highest BCUT2D eigenvalue weighted by Gasteiger charge is 2.22. The third kappa shape index (κ3) is 3.82. The topological polar surface area (TPSA) is 44.1 Å². The molecule has 2 aromatic carbocycles. The van der Waals surface area contributed by atoms with Crippen LogP contribution < -0.4 is 5.56 Å². The molecule has 146 valence electrons. The summed E-state index contributed by atoms with van der Waals surface area (Å²) in [7, 11) is 0. The lowest BCUT2D eigenvalue weighted by molar-refractivity contribution is 0.0937. The van der Waals surface area contributed by atoms with Crippen LogP contribution in [0.1, 0.15) is 30.6 Å². The molecule has 2 unspecified atom stereocenters. The molecule has 2 atom stereocenters. The first-order valence-corrected chi connectivity index (χ1v) is 10.1. The van der Waals surface area contributed by atoms with Crippen LogP contribution in [0.4, 0.5) is 8.78 Å². The molecule has 1 saturated heterocycles. The minimum Gasteiger partial charge on any atom is -0.376 e. The summed E-state index contributed by atoms with van der Waals surface area (Å²) in [4.78, 5) is 17.8. The number of thioether (sulfide) groups is 1. The van der Waals surface area contributed by atoms with Gasteiger partial charge in [-0.3, -0.25) is 9.36 Å². The van der Waals surface area contributed by atoms with Gasteiger partial charge in [-0.25, -0.2) is 13.8 Å². The second-order valence-corrected chi connectivity index (χ2v) is 8.20. The Morgan fingerprint density at radius 1 is 1.25 bits per heavy atom. The minimum atomic E-state index is -0.881. The Hall–Kier alpha value is -2.25. The van der Waals surface area contributed by atoms with Crippen molar-refractivity contribution >= 4 is 22.7 Å². The van der Waals surface area contributed by atoms with Gasteiger partial charge < -0.3 is 4.74 Å². The van der Waals surface area contributed by atoms with Gasteiger partial charge in [0, 0.05) is 11.9 Å². The Morgan fingerprint density at radius 3 is 2.82 bits per heavy atom. The highest BCUT2D eigenvalue weighted by Crippen LogP contribution is 2.34. The summed E-state index contributed by atoms with van der Waals surface area (Å²) >= 11 is 1.36. The second kappa shape index (κ2) is 8.01. The lowest BCUT2D eigenvalue weighted by Crippen LogP contribution is -2.29. The molecule has 7 heteroatoms. The van der Waals surface area contributed by atoms with E-state index in [0.717, 1.165) is 18.9 Å². The standard InChI is InChI=1S/C21H20F2N2O2S/c1-13(14-8-9-17(22)18(23)11-14)28-21-24-19-7-3-2-6-16(19)20(26)25(21)12-15-5-4-10-27-15/h2-3,6-9,11,13,15H,4-5,10,12H2,1H3. The second-order valence-electron chi connectivity index (χ2n) is 6.90. The lowest BCUT2D eigenvalue weighted by Gasteiger charge is -2.19. The number of halogens is 2. The van der Waals surface area contributed by atoms with Crippen molar-refractivity contribution in [1.29, 1.82) is 0 Å². The molecular formula is C21H20F2N2O2S. The van der Waals surface area contributed by atoms with Crippen LogP contribution >= 0.6 is 11.8 Å². The molecule has 3 aromatic rings. The fourth-order valence-electron chi connectivity index (χ4n) is 3.38. The maximum absolute atomic E-state index is 13.6. The SMILES string of the molecule is CC(Sc1nc2ccccc2c(=O)n1CC1CCCO1)c1ccc(F)c(F)c1. The average Bonchev–Trinajstić information content (AvgIpc) is 3.20. The van der Waals surface area contributed by atoms with Crippen molar-refractivity contribution in [3.63, 3.8) is 0 Å². The monoisotopic (exact) mass is 402 g/mol. The van der Waals surface area contributed by atoms with Crippen molar-refractivity contribution in [1.82, 2.24) is 9.55 Å². The predicted molar refractivity (Wildman–Crippen MR) is 106 cm³/mol. The summed E-state index contributed by atoms with van der Waals surface area (Å²) in [5.41, 5.74) is 1.15. The zero-order chi connectivity index (χ0) is 19.7. The van der Waals surface area contributed by atoms with Gasteiger partial charge in [0.15, 0.2) is 16.8 Å². The number of rotatable bonds is 5. The van der Waals surface area contributed by atoms with Crippen molar-refractivity contribution in [2.45, 2.75) is 42.8 Å². The van der Waals surface area contributed by atoms with Gasteiger partial charge >= 0.3 is 0 Å². The van der Waals surface area contributed by atoms with E-state index in [4.69, 9.17) is 4.74 Å². The maximum atomic E-state index is 13.6. The number of para-hydroxylation sites is 1. The minimum absolute atomic E-state index is 0.0152. The molecule has 0 saturated carbocycles. The number of hydrogen-bond donors (Lipinski definition) is 0. The molecule has 0 aliphatic carbocycles. The Labute approximate surface area is 165 Å². The average molecular weight is 402 g/mol. The van der Waals surface area contributed by atoms with Crippen LogP contribution in [0.15, 0.2) is 52.4 Å². The molecule has 2 heterocycles. The summed E-state index contributed by atoms with van der Waals surface area (Å²) in [6.45, 7) is 3.02. The molecule has 0 radical (unpaired) electrons. The number of aromatic nitrogens is 2. The van der Waals surface area contributed by atoms with Gasteiger partial charge in [-0.15, -0.1) is 0 Å². The lowest BCUT2D eigenvalue weighted by atomic mass is 10.1. The van der Waals surface area contributed by atoms with E-state index in [1.54, 1.807) is 22.8 Å². The van der Waals surface area contributed by atoms with Gasteiger partial charge in [0.2, 0.25) is 0 Å². The van der Waals surface area contributed by atoms with Gasteiger partial charge in [0.05, 0.1) is 23.6 Å². The molecule has 0 bridgehead atoms. The van der Waals surface area contributed by atoms with E-state index >= 15 is 0 Å².